The molecule has 0 radical (unpaired) electrons. The van der Waals surface area contributed by atoms with Gasteiger partial charge < -0.3 is 9.67 Å². The van der Waals surface area contributed by atoms with Gasteiger partial charge in [-0.3, -0.25) is 0 Å². The summed E-state index contributed by atoms with van der Waals surface area (Å²) < 4.78 is 1.79. The van der Waals surface area contributed by atoms with Crippen LogP contribution < -0.4 is 0 Å². The molecular weight excluding hydrogens is 296 g/mol. The van der Waals surface area contributed by atoms with E-state index in [0.29, 0.717) is 15.0 Å². The highest BCUT2D eigenvalue weighted by atomic mass is 35.5. The monoisotopic (exact) mass is 304 g/mol. The maximum atomic E-state index is 11.4. The summed E-state index contributed by atoms with van der Waals surface area (Å²) in [4.78, 5) is 16.2. The number of benzene rings is 1. The first-order chi connectivity index (χ1) is 9.65. The maximum Gasteiger partial charge on any atom is 0.356 e. The summed E-state index contributed by atoms with van der Waals surface area (Å²) in [7, 11) is 0. The molecule has 0 aliphatic carbocycles. The number of carbonyl (C=O) groups is 1. The Morgan fingerprint density at radius 3 is 2.45 bits per heavy atom. The lowest BCUT2D eigenvalue weighted by atomic mass is 10.1. The number of carboxylic acid groups (broad SMARTS) is 1. The third-order valence-electron chi connectivity index (χ3n) is 2.75. The van der Waals surface area contributed by atoms with Crippen LogP contribution in [0.3, 0.4) is 0 Å². The van der Waals surface area contributed by atoms with Crippen LogP contribution in [0.4, 0.5) is 0 Å². The Hall–Kier alpha value is -2.11. The average Bonchev–Trinajstić information content (AvgIpc) is 3.08. The minimum atomic E-state index is -1.04. The lowest BCUT2D eigenvalue weighted by Gasteiger charge is -1.98. The van der Waals surface area contributed by atoms with Gasteiger partial charge >= 0.3 is 5.97 Å². The second-order valence-electron chi connectivity index (χ2n) is 4.08. The summed E-state index contributed by atoms with van der Waals surface area (Å²) >= 11 is 7.19. The largest absolute Gasteiger partial charge is 0.476 e. The summed E-state index contributed by atoms with van der Waals surface area (Å²) in [5.41, 5.74) is 0.851. The third-order valence-corrected chi connectivity index (χ3v) is 4.12. The minimum absolute atomic E-state index is 0.0565. The van der Waals surface area contributed by atoms with Crippen molar-refractivity contribution in [1.29, 1.82) is 0 Å². The van der Waals surface area contributed by atoms with E-state index in [1.54, 1.807) is 28.8 Å². The molecule has 0 atom stereocenters. The Balaban J connectivity index is 2.14. The van der Waals surface area contributed by atoms with Crippen molar-refractivity contribution in [1.82, 2.24) is 9.55 Å². The van der Waals surface area contributed by atoms with Crippen LogP contribution >= 0.6 is 22.9 Å². The summed E-state index contributed by atoms with van der Waals surface area (Å²) in [5.74, 6) is -1.04. The lowest BCUT2D eigenvalue weighted by Crippen LogP contribution is -1.99. The molecule has 0 aliphatic rings. The molecule has 6 heteroatoms. The quantitative estimate of drug-likeness (QED) is 0.797. The molecule has 1 N–H and O–H groups in total. The van der Waals surface area contributed by atoms with Crippen LogP contribution in [-0.2, 0) is 0 Å². The van der Waals surface area contributed by atoms with Gasteiger partial charge in [0.15, 0.2) is 10.8 Å². The number of aromatic carboxylic acids is 1. The zero-order valence-electron chi connectivity index (χ0n) is 10.2. The smallest absolute Gasteiger partial charge is 0.356 e. The molecule has 0 bridgehead atoms. The predicted octanol–water partition coefficient (Wildman–Crippen LogP) is 3.95. The number of aromatic nitrogens is 2. The fourth-order valence-corrected chi connectivity index (χ4v) is 2.98. The summed E-state index contributed by atoms with van der Waals surface area (Å²) in [5, 5.41) is 10.5. The van der Waals surface area contributed by atoms with Crippen LogP contribution in [0, 0.1) is 0 Å². The fourth-order valence-electron chi connectivity index (χ4n) is 1.82. The van der Waals surface area contributed by atoms with Gasteiger partial charge in [-0.05, 0) is 29.8 Å². The van der Waals surface area contributed by atoms with Gasteiger partial charge in [-0.1, -0.05) is 35.1 Å². The van der Waals surface area contributed by atoms with Crippen LogP contribution in [-0.4, -0.2) is 20.6 Å². The van der Waals surface area contributed by atoms with E-state index in [2.05, 4.69) is 4.98 Å². The van der Waals surface area contributed by atoms with Gasteiger partial charge in [-0.25, -0.2) is 9.78 Å². The van der Waals surface area contributed by atoms with E-state index in [1.807, 2.05) is 24.5 Å². The molecule has 20 heavy (non-hydrogen) atoms. The van der Waals surface area contributed by atoms with Gasteiger partial charge in [-0.2, -0.15) is 0 Å². The summed E-state index contributed by atoms with van der Waals surface area (Å²) in [6, 6.07) is 10.8. The van der Waals surface area contributed by atoms with E-state index in [4.69, 9.17) is 11.6 Å². The van der Waals surface area contributed by atoms with Gasteiger partial charge in [0, 0.05) is 17.4 Å². The summed E-state index contributed by atoms with van der Waals surface area (Å²) in [6.07, 6.45) is 3.66. The number of rotatable bonds is 3. The van der Waals surface area contributed by atoms with Crippen molar-refractivity contribution in [2.45, 2.75) is 0 Å². The van der Waals surface area contributed by atoms with Crippen LogP contribution in [0.25, 0.3) is 15.6 Å². The maximum absolute atomic E-state index is 11.4. The molecule has 0 amide bonds. The number of carboxylic acids is 1. The first-order valence-corrected chi connectivity index (χ1v) is 6.98. The molecule has 100 valence electrons. The fraction of sp³-hybridized carbons (Fsp3) is 0. The molecule has 0 aliphatic heterocycles. The highest BCUT2D eigenvalue weighted by Crippen LogP contribution is 2.33. The highest BCUT2D eigenvalue weighted by molar-refractivity contribution is 7.17. The zero-order chi connectivity index (χ0) is 14.1. The van der Waals surface area contributed by atoms with Crippen molar-refractivity contribution in [3.05, 3.63) is 59.5 Å². The first kappa shape index (κ1) is 12.9. The second-order valence-corrected chi connectivity index (χ2v) is 5.49. The molecule has 1 aromatic carbocycles. The molecule has 3 rings (SSSR count). The molecule has 4 nitrogen and oxygen atoms in total. The molecule has 0 saturated heterocycles. The minimum Gasteiger partial charge on any atom is -0.476 e. The average molecular weight is 305 g/mol. The van der Waals surface area contributed by atoms with E-state index >= 15 is 0 Å². The lowest BCUT2D eigenvalue weighted by molar-refractivity contribution is 0.0692. The Labute approximate surface area is 123 Å². The number of halogens is 1. The first-order valence-electron chi connectivity index (χ1n) is 5.78. The van der Waals surface area contributed by atoms with Gasteiger partial charge in [0.1, 0.15) is 0 Å². The molecule has 0 fully saturated rings. The van der Waals surface area contributed by atoms with Crippen LogP contribution in [0.1, 0.15) is 10.5 Å². The van der Waals surface area contributed by atoms with Gasteiger partial charge in [0.05, 0.1) is 4.88 Å². The topological polar surface area (TPSA) is 55.1 Å². The molecule has 0 saturated carbocycles. The normalized spacial score (nSPS) is 10.7. The Morgan fingerprint density at radius 1 is 1.20 bits per heavy atom. The van der Waals surface area contributed by atoms with Crippen molar-refractivity contribution in [2.75, 3.05) is 0 Å². The molecular formula is C14H9ClN2O2S. The number of hydrogen-bond acceptors (Lipinski definition) is 3. The second kappa shape index (κ2) is 5.11. The Morgan fingerprint density at radius 2 is 1.85 bits per heavy atom. The van der Waals surface area contributed by atoms with Crippen molar-refractivity contribution in [2.24, 2.45) is 0 Å². The third kappa shape index (κ3) is 2.33. The van der Waals surface area contributed by atoms with E-state index in [1.165, 1.54) is 11.3 Å². The number of hydrogen-bond donors (Lipinski definition) is 1. The molecule has 0 spiro atoms. The van der Waals surface area contributed by atoms with Crippen molar-refractivity contribution in [3.8, 4) is 15.6 Å². The van der Waals surface area contributed by atoms with Gasteiger partial charge in [-0.15, -0.1) is 0 Å². The number of nitrogens with zero attached hydrogens (tertiary/aromatic N) is 2. The SMILES string of the molecule is O=C(O)c1nc(-n2cccc2)sc1-c1ccc(Cl)cc1. The number of thiazole rings is 1. The molecule has 3 aromatic rings. The highest BCUT2D eigenvalue weighted by Gasteiger charge is 2.19. The Kier molecular flexibility index (Phi) is 3.30. The zero-order valence-corrected chi connectivity index (χ0v) is 11.7. The van der Waals surface area contributed by atoms with Gasteiger partial charge in [0.2, 0.25) is 0 Å². The summed E-state index contributed by atoms with van der Waals surface area (Å²) in [6.45, 7) is 0. The van der Waals surface area contributed by atoms with Crippen LogP contribution in [0.5, 0.6) is 0 Å². The van der Waals surface area contributed by atoms with Crippen molar-refractivity contribution < 1.29 is 9.90 Å². The van der Waals surface area contributed by atoms with E-state index in [-0.39, 0.29) is 5.69 Å². The van der Waals surface area contributed by atoms with Crippen LogP contribution in [0.2, 0.25) is 5.02 Å². The Bertz CT molecular complexity index is 748. The van der Waals surface area contributed by atoms with Gasteiger partial charge in [0.25, 0.3) is 0 Å². The molecule has 2 aromatic heterocycles. The van der Waals surface area contributed by atoms with Crippen molar-refractivity contribution in [3.63, 3.8) is 0 Å². The van der Waals surface area contributed by atoms with E-state index < -0.39 is 5.97 Å². The molecule has 2 heterocycles. The van der Waals surface area contributed by atoms with Crippen molar-refractivity contribution >= 4 is 28.9 Å². The molecule has 0 unspecified atom stereocenters. The van der Waals surface area contributed by atoms with E-state index in [9.17, 15) is 9.90 Å². The van der Waals surface area contributed by atoms with E-state index in [0.717, 1.165) is 5.56 Å². The van der Waals surface area contributed by atoms with Crippen LogP contribution in [0.15, 0.2) is 48.8 Å². The standard InChI is InChI=1S/C14H9ClN2O2S/c15-10-5-3-9(4-6-10)12-11(13(18)19)16-14(20-12)17-7-1-2-8-17/h1-8H,(H,18,19). The predicted molar refractivity (Wildman–Crippen MR) is 78.8 cm³/mol.